The number of benzene rings is 1. The van der Waals surface area contributed by atoms with Gasteiger partial charge in [-0.1, -0.05) is 29.8 Å². The van der Waals surface area contributed by atoms with Crippen molar-refractivity contribution in [3.8, 4) is 5.69 Å². The molecule has 1 amide bonds. The van der Waals surface area contributed by atoms with Crippen LogP contribution in [0.4, 0.5) is 0 Å². The molecule has 6 heteroatoms. The Bertz CT molecular complexity index is 816. The molecule has 0 unspecified atom stereocenters. The van der Waals surface area contributed by atoms with E-state index in [1.807, 2.05) is 37.3 Å². The van der Waals surface area contributed by atoms with E-state index in [-0.39, 0.29) is 11.9 Å². The lowest BCUT2D eigenvalue weighted by Gasteiger charge is -2.12. The summed E-state index contributed by atoms with van der Waals surface area (Å²) in [4.78, 5) is 16.4. The average molecular weight is 327 g/mol. The van der Waals surface area contributed by atoms with Gasteiger partial charge in [-0.2, -0.15) is 5.10 Å². The van der Waals surface area contributed by atoms with Crippen LogP contribution in [0.1, 0.15) is 28.9 Å². The van der Waals surface area contributed by atoms with Crippen molar-refractivity contribution in [2.45, 2.75) is 13.0 Å². The highest BCUT2D eigenvalue weighted by molar-refractivity contribution is 6.32. The van der Waals surface area contributed by atoms with Crippen LogP contribution in [0.3, 0.4) is 0 Å². The highest BCUT2D eigenvalue weighted by Crippen LogP contribution is 2.19. The molecule has 0 aliphatic carbocycles. The molecule has 116 valence electrons. The molecule has 5 nitrogen and oxygen atoms in total. The van der Waals surface area contributed by atoms with E-state index in [1.165, 1.54) is 6.20 Å². The summed E-state index contributed by atoms with van der Waals surface area (Å²) < 4.78 is 1.59. The third kappa shape index (κ3) is 3.40. The third-order valence-electron chi connectivity index (χ3n) is 3.48. The van der Waals surface area contributed by atoms with E-state index in [0.717, 1.165) is 11.3 Å². The fourth-order valence-corrected chi connectivity index (χ4v) is 2.43. The number of nitrogens with zero attached hydrogens (tertiary/aromatic N) is 3. The minimum absolute atomic E-state index is 0.139. The number of carbonyl (C=O) groups excluding carboxylic acids is 1. The molecular weight excluding hydrogens is 312 g/mol. The third-order valence-corrected chi connectivity index (χ3v) is 3.80. The van der Waals surface area contributed by atoms with E-state index in [2.05, 4.69) is 15.4 Å². The van der Waals surface area contributed by atoms with E-state index in [4.69, 9.17) is 11.6 Å². The predicted octanol–water partition coefficient (Wildman–Crippen LogP) is 3.41. The molecule has 1 aromatic carbocycles. The van der Waals surface area contributed by atoms with Crippen LogP contribution in [0.2, 0.25) is 5.02 Å². The molecule has 2 aromatic heterocycles. The quantitative estimate of drug-likeness (QED) is 0.799. The summed E-state index contributed by atoms with van der Waals surface area (Å²) in [5, 5.41) is 7.71. The van der Waals surface area contributed by atoms with Crippen molar-refractivity contribution >= 4 is 17.5 Å². The average Bonchev–Trinajstić information content (AvgIpc) is 3.06. The maximum Gasteiger partial charge on any atom is 0.254 e. The number of aromatic nitrogens is 3. The molecular formula is C17H15ClN4O. The van der Waals surface area contributed by atoms with Gasteiger partial charge < -0.3 is 5.32 Å². The van der Waals surface area contributed by atoms with Crippen LogP contribution >= 0.6 is 11.6 Å². The zero-order valence-corrected chi connectivity index (χ0v) is 13.2. The van der Waals surface area contributed by atoms with Crippen LogP contribution < -0.4 is 5.32 Å². The van der Waals surface area contributed by atoms with Crippen molar-refractivity contribution in [2.75, 3.05) is 0 Å². The standard InChI is InChI=1S/C17H15ClN4O/c1-12(13-5-4-8-19-9-13)21-17(23)14-10-20-22(11-14)16-7-3-2-6-15(16)18/h2-12H,1H3,(H,21,23)/t12-/m0/s1. The second-order valence-corrected chi connectivity index (χ2v) is 5.51. The summed E-state index contributed by atoms with van der Waals surface area (Å²) in [6.07, 6.45) is 6.62. The lowest BCUT2D eigenvalue weighted by molar-refractivity contribution is 0.0940. The molecule has 0 aliphatic heterocycles. The normalized spacial score (nSPS) is 11.9. The van der Waals surface area contributed by atoms with Gasteiger partial charge in [0.15, 0.2) is 0 Å². The van der Waals surface area contributed by atoms with E-state index in [9.17, 15) is 4.79 Å². The summed E-state index contributed by atoms with van der Waals surface area (Å²) in [5.41, 5.74) is 2.15. The second kappa shape index (κ2) is 6.62. The molecule has 2 heterocycles. The van der Waals surface area contributed by atoms with Crippen LogP contribution in [0.5, 0.6) is 0 Å². The lowest BCUT2D eigenvalue weighted by atomic mass is 10.1. The summed E-state index contributed by atoms with van der Waals surface area (Å²) >= 11 is 6.14. The summed E-state index contributed by atoms with van der Waals surface area (Å²) in [5.74, 6) is -0.195. The first-order valence-electron chi connectivity index (χ1n) is 7.15. The Labute approximate surface area is 138 Å². The molecule has 0 saturated carbocycles. The van der Waals surface area contributed by atoms with Crippen molar-refractivity contribution in [2.24, 2.45) is 0 Å². The zero-order chi connectivity index (χ0) is 16.2. The predicted molar refractivity (Wildman–Crippen MR) is 88.7 cm³/mol. The van der Waals surface area contributed by atoms with Crippen LogP contribution in [-0.4, -0.2) is 20.7 Å². The Morgan fingerprint density at radius 3 is 2.78 bits per heavy atom. The van der Waals surface area contributed by atoms with Gasteiger partial charge in [0.2, 0.25) is 0 Å². The topological polar surface area (TPSA) is 59.8 Å². The Hall–Kier alpha value is -2.66. The molecule has 0 aliphatic rings. The zero-order valence-electron chi connectivity index (χ0n) is 12.5. The second-order valence-electron chi connectivity index (χ2n) is 5.11. The molecule has 1 atom stereocenters. The Balaban J connectivity index is 1.75. The minimum atomic E-state index is -0.195. The Kier molecular flexibility index (Phi) is 4.39. The largest absolute Gasteiger partial charge is 0.345 e. The maximum absolute atomic E-state index is 12.3. The summed E-state index contributed by atoms with van der Waals surface area (Å²) in [6.45, 7) is 1.91. The number of halogens is 1. The fourth-order valence-electron chi connectivity index (χ4n) is 2.20. The van der Waals surface area contributed by atoms with Crippen LogP contribution in [0, 0.1) is 0 Å². The van der Waals surface area contributed by atoms with Gasteiger partial charge in [0.25, 0.3) is 5.91 Å². The van der Waals surface area contributed by atoms with Gasteiger partial charge in [0, 0.05) is 18.6 Å². The van der Waals surface area contributed by atoms with Crippen LogP contribution in [-0.2, 0) is 0 Å². The molecule has 23 heavy (non-hydrogen) atoms. The highest BCUT2D eigenvalue weighted by atomic mass is 35.5. The number of carbonyl (C=O) groups is 1. The number of pyridine rings is 1. The first kappa shape index (κ1) is 15.2. The number of amides is 1. The molecule has 3 aromatic rings. The van der Waals surface area contributed by atoms with Crippen molar-refractivity contribution in [1.82, 2.24) is 20.1 Å². The van der Waals surface area contributed by atoms with Gasteiger partial charge in [0.05, 0.1) is 28.5 Å². The number of nitrogens with one attached hydrogen (secondary N) is 1. The number of rotatable bonds is 4. The molecule has 0 spiro atoms. The van der Waals surface area contributed by atoms with Crippen molar-refractivity contribution in [3.05, 3.63) is 77.3 Å². The van der Waals surface area contributed by atoms with Crippen LogP contribution in [0.15, 0.2) is 61.2 Å². The van der Waals surface area contributed by atoms with E-state index >= 15 is 0 Å². The lowest BCUT2D eigenvalue weighted by Crippen LogP contribution is -2.26. The smallest absolute Gasteiger partial charge is 0.254 e. The number of hydrogen-bond donors (Lipinski definition) is 1. The highest BCUT2D eigenvalue weighted by Gasteiger charge is 2.14. The van der Waals surface area contributed by atoms with E-state index in [1.54, 1.807) is 29.3 Å². The Morgan fingerprint density at radius 2 is 2.04 bits per heavy atom. The fraction of sp³-hybridized carbons (Fsp3) is 0.118. The van der Waals surface area contributed by atoms with E-state index < -0.39 is 0 Å². The van der Waals surface area contributed by atoms with Gasteiger partial charge in [-0.05, 0) is 30.7 Å². The summed E-state index contributed by atoms with van der Waals surface area (Å²) in [6, 6.07) is 11.0. The number of para-hydroxylation sites is 1. The number of hydrogen-bond acceptors (Lipinski definition) is 3. The van der Waals surface area contributed by atoms with Crippen molar-refractivity contribution in [1.29, 1.82) is 0 Å². The molecule has 0 fully saturated rings. The molecule has 3 rings (SSSR count). The molecule has 0 radical (unpaired) electrons. The van der Waals surface area contributed by atoms with Gasteiger partial charge in [-0.3, -0.25) is 9.78 Å². The first-order valence-corrected chi connectivity index (χ1v) is 7.53. The van der Waals surface area contributed by atoms with E-state index in [0.29, 0.717) is 10.6 Å². The van der Waals surface area contributed by atoms with Crippen molar-refractivity contribution in [3.63, 3.8) is 0 Å². The SMILES string of the molecule is C[C@H](NC(=O)c1cnn(-c2ccccc2Cl)c1)c1cccnc1. The van der Waals surface area contributed by atoms with Gasteiger partial charge in [0.1, 0.15) is 0 Å². The first-order chi connectivity index (χ1) is 11.1. The minimum Gasteiger partial charge on any atom is -0.345 e. The molecule has 0 saturated heterocycles. The Morgan fingerprint density at radius 1 is 1.22 bits per heavy atom. The molecule has 0 bridgehead atoms. The van der Waals surface area contributed by atoms with Gasteiger partial charge in [-0.15, -0.1) is 0 Å². The summed E-state index contributed by atoms with van der Waals surface area (Å²) in [7, 11) is 0. The van der Waals surface area contributed by atoms with Crippen molar-refractivity contribution < 1.29 is 4.79 Å². The van der Waals surface area contributed by atoms with Crippen LogP contribution in [0.25, 0.3) is 5.69 Å². The monoisotopic (exact) mass is 326 g/mol. The maximum atomic E-state index is 12.3. The van der Waals surface area contributed by atoms with Gasteiger partial charge in [-0.25, -0.2) is 4.68 Å². The van der Waals surface area contributed by atoms with Gasteiger partial charge >= 0.3 is 0 Å². The molecule has 1 N–H and O–H groups in total.